The Kier molecular flexibility index (Phi) is 6.26. The van der Waals surface area contributed by atoms with E-state index in [0.29, 0.717) is 0 Å². The summed E-state index contributed by atoms with van der Waals surface area (Å²) in [6.07, 6.45) is 0. The van der Waals surface area contributed by atoms with Gasteiger partial charge in [0.15, 0.2) is 0 Å². The Labute approximate surface area is 124 Å². The molecule has 0 saturated heterocycles. The van der Waals surface area contributed by atoms with Gasteiger partial charge in [0.1, 0.15) is 6.07 Å². The number of benzene rings is 1. The molecular formula is C11H15Cl2N3O2S. The minimum atomic E-state index is -3.66. The molecule has 0 unspecified atom stereocenters. The average Bonchev–Trinajstić information content (AvgIpc) is 2.25. The van der Waals surface area contributed by atoms with Crippen molar-refractivity contribution in [1.29, 1.82) is 5.26 Å². The number of nitriles is 1. The molecular weight excluding hydrogens is 309 g/mol. The van der Waals surface area contributed by atoms with E-state index in [9.17, 15) is 8.42 Å². The highest BCUT2D eigenvalue weighted by atomic mass is 35.5. The highest BCUT2D eigenvalue weighted by Gasteiger charge is 2.19. The summed E-state index contributed by atoms with van der Waals surface area (Å²) in [6.45, 7) is 3.52. The molecule has 0 spiro atoms. The zero-order valence-electron chi connectivity index (χ0n) is 10.5. The van der Waals surface area contributed by atoms with Crippen molar-refractivity contribution in [3.63, 3.8) is 0 Å². The van der Waals surface area contributed by atoms with E-state index < -0.39 is 15.6 Å². The first kappa shape index (κ1) is 18.2. The Bertz CT molecular complexity index is 589. The standard InChI is InChI=1S/C11H14ClN3O2S.ClH/c1-11(2,14)7-15-18(16,17)9-4-3-8(6-13)10(12)5-9;/h3-5,15H,7,14H2,1-2H3;1H. The highest BCUT2D eigenvalue weighted by Crippen LogP contribution is 2.20. The second kappa shape index (κ2) is 6.55. The number of halogens is 2. The van der Waals surface area contributed by atoms with Crippen molar-refractivity contribution in [3.8, 4) is 6.07 Å². The molecule has 1 rings (SSSR count). The Morgan fingerprint density at radius 3 is 2.47 bits per heavy atom. The molecule has 0 aliphatic heterocycles. The molecule has 0 radical (unpaired) electrons. The summed E-state index contributed by atoms with van der Waals surface area (Å²) in [6, 6.07) is 5.80. The van der Waals surface area contributed by atoms with E-state index in [4.69, 9.17) is 22.6 Å². The molecule has 1 aromatic carbocycles. The van der Waals surface area contributed by atoms with E-state index >= 15 is 0 Å². The van der Waals surface area contributed by atoms with Gasteiger partial charge < -0.3 is 5.73 Å². The molecule has 0 bridgehead atoms. The van der Waals surface area contributed by atoms with Gasteiger partial charge in [-0.3, -0.25) is 0 Å². The van der Waals surface area contributed by atoms with Gasteiger partial charge in [-0.15, -0.1) is 12.4 Å². The third kappa shape index (κ3) is 5.35. The van der Waals surface area contributed by atoms with Crippen LogP contribution in [0.25, 0.3) is 0 Å². The number of hydrogen-bond acceptors (Lipinski definition) is 4. The lowest BCUT2D eigenvalue weighted by Gasteiger charge is -2.19. The van der Waals surface area contributed by atoms with Crippen molar-refractivity contribution < 1.29 is 8.42 Å². The first-order valence-electron chi connectivity index (χ1n) is 5.14. The van der Waals surface area contributed by atoms with E-state index in [2.05, 4.69) is 4.72 Å². The zero-order chi connectivity index (χ0) is 14.0. The molecule has 0 amide bonds. The summed E-state index contributed by atoms with van der Waals surface area (Å²) in [7, 11) is -3.66. The molecule has 1 aromatic rings. The quantitative estimate of drug-likeness (QED) is 0.880. The number of hydrogen-bond donors (Lipinski definition) is 2. The van der Waals surface area contributed by atoms with Crippen LogP contribution in [0.5, 0.6) is 0 Å². The summed E-state index contributed by atoms with van der Waals surface area (Å²) in [5.41, 5.74) is 5.28. The Morgan fingerprint density at radius 2 is 2.05 bits per heavy atom. The minimum absolute atomic E-state index is 0. The van der Waals surface area contributed by atoms with Crippen LogP contribution in [0.4, 0.5) is 0 Å². The van der Waals surface area contributed by atoms with E-state index in [0.717, 1.165) is 0 Å². The lowest BCUT2D eigenvalue weighted by atomic mass is 10.1. The highest BCUT2D eigenvalue weighted by molar-refractivity contribution is 7.89. The molecule has 8 heteroatoms. The van der Waals surface area contributed by atoms with Crippen molar-refractivity contribution in [2.75, 3.05) is 6.54 Å². The first-order valence-corrected chi connectivity index (χ1v) is 7.00. The van der Waals surface area contributed by atoms with Gasteiger partial charge in [-0.25, -0.2) is 13.1 Å². The van der Waals surface area contributed by atoms with Crippen LogP contribution in [0.3, 0.4) is 0 Å². The molecule has 3 N–H and O–H groups in total. The average molecular weight is 324 g/mol. The van der Waals surface area contributed by atoms with Gasteiger partial charge in [0.05, 0.1) is 15.5 Å². The molecule has 0 heterocycles. The van der Waals surface area contributed by atoms with E-state index in [1.54, 1.807) is 13.8 Å². The van der Waals surface area contributed by atoms with Crippen LogP contribution in [0.2, 0.25) is 5.02 Å². The van der Waals surface area contributed by atoms with Gasteiger partial charge in [-0.2, -0.15) is 5.26 Å². The van der Waals surface area contributed by atoms with Gasteiger partial charge in [-0.1, -0.05) is 11.6 Å². The van der Waals surface area contributed by atoms with Crippen molar-refractivity contribution in [1.82, 2.24) is 4.72 Å². The van der Waals surface area contributed by atoms with Crippen molar-refractivity contribution in [2.45, 2.75) is 24.3 Å². The van der Waals surface area contributed by atoms with E-state index in [-0.39, 0.29) is 34.4 Å². The summed E-state index contributed by atoms with van der Waals surface area (Å²) in [5, 5.41) is 8.81. The van der Waals surface area contributed by atoms with Crippen LogP contribution in [0.15, 0.2) is 23.1 Å². The number of nitrogens with two attached hydrogens (primary N) is 1. The topological polar surface area (TPSA) is 96.0 Å². The molecule has 0 saturated carbocycles. The van der Waals surface area contributed by atoms with Gasteiger partial charge in [0.2, 0.25) is 10.0 Å². The summed E-state index contributed by atoms with van der Waals surface area (Å²) in [4.78, 5) is 0.00995. The maximum absolute atomic E-state index is 11.9. The normalized spacial score (nSPS) is 11.5. The maximum Gasteiger partial charge on any atom is 0.240 e. The SMILES string of the molecule is CC(C)(N)CNS(=O)(=O)c1ccc(C#N)c(Cl)c1.Cl. The van der Waals surface area contributed by atoms with Crippen LogP contribution in [0.1, 0.15) is 19.4 Å². The third-order valence-electron chi connectivity index (χ3n) is 2.09. The van der Waals surface area contributed by atoms with Gasteiger partial charge in [-0.05, 0) is 32.0 Å². The molecule has 106 valence electrons. The molecule has 19 heavy (non-hydrogen) atoms. The van der Waals surface area contributed by atoms with Crippen molar-refractivity contribution in [3.05, 3.63) is 28.8 Å². The van der Waals surface area contributed by atoms with Crippen LogP contribution in [-0.2, 0) is 10.0 Å². The predicted octanol–water partition coefficient (Wildman–Crippen LogP) is 1.65. The van der Waals surface area contributed by atoms with E-state index in [1.165, 1.54) is 18.2 Å². The largest absolute Gasteiger partial charge is 0.324 e. The number of nitrogens with zero attached hydrogens (tertiary/aromatic N) is 1. The Balaban J connectivity index is 0.00000324. The molecule has 0 fully saturated rings. The molecule has 0 aromatic heterocycles. The first-order chi connectivity index (χ1) is 8.15. The van der Waals surface area contributed by atoms with Gasteiger partial charge in [0, 0.05) is 12.1 Å². The molecule has 0 aliphatic rings. The lowest BCUT2D eigenvalue weighted by Crippen LogP contribution is -2.45. The fourth-order valence-corrected chi connectivity index (χ4v) is 2.65. The number of rotatable bonds is 4. The van der Waals surface area contributed by atoms with Gasteiger partial charge in [0.25, 0.3) is 0 Å². The smallest absolute Gasteiger partial charge is 0.240 e. The predicted molar refractivity (Wildman–Crippen MR) is 76.9 cm³/mol. The summed E-state index contributed by atoms with van der Waals surface area (Å²) >= 11 is 5.79. The third-order valence-corrected chi connectivity index (χ3v) is 3.80. The van der Waals surface area contributed by atoms with Gasteiger partial charge >= 0.3 is 0 Å². The fourth-order valence-electron chi connectivity index (χ4n) is 1.12. The lowest BCUT2D eigenvalue weighted by molar-refractivity contribution is 0.498. The second-order valence-corrected chi connectivity index (χ2v) is 6.74. The Hall–Kier alpha value is -0.840. The maximum atomic E-state index is 11.9. The zero-order valence-corrected chi connectivity index (χ0v) is 12.9. The van der Waals surface area contributed by atoms with E-state index in [1.807, 2.05) is 6.07 Å². The Morgan fingerprint density at radius 1 is 1.47 bits per heavy atom. The van der Waals surface area contributed by atoms with Crippen LogP contribution >= 0.6 is 24.0 Å². The summed E-state index contributed by atoms with van der Waals surface area (Å²) < 4.78 is 26.2. The monoisotopic (exact) mass is 323 g/mol. The fraction of sp³-hybridized carbons (Fsp3) is 0.364. The molecule has 5 nitrogen and oxygen atoms in total. The molecule has 0 atom stereocenters. The number of sulfonamides is 1. The second-order valence-electron chi connectivity index (χ2n) is 4.57. The number of nitrogens with one attached hydrogen (secondary N) is 1. The van der Waals surface area contributed by atoms with Crippen LogP contribution in [0, 0.1) is 11.3 Å². The molecule has 0 aliphatic carbocycles. The minimum Gasteiger partial charge on any atom is -0.324 e. The van der Waals surface area contributed by atoms with Crippen LogP contribution in [-0.4, -0.2) is 20.5 Å². The van der Waals surface area contributed by atoms with Crippen LogP contribution < -0.4 is 10.5 Å². The summed E-state index contributed by atoms with van der Waals surface area (Å²) in [5.74, 6) is 0. The van der Waals surface area contributed by atoms with Crippen molar-refractivity contribution >= 4 is 34.0 Å². The van der Waals surface area contributed by atoms with Crippen molar-refractivity contribution in [2.24, 2.45) is 5.73 Å².